The second-order valence-electron chi connectivity index (χ2n) is 12.1. The van der Waals surface area contributed by atoms with E-state index in [2.05, 4.69) is 59.6 Å². The normalized spacial score (nSPS) is 17.7. The van der Waals surface area contributed by atoms with Crippen molar-refractivity contribution in [3.8, 4) is 5.75 Å². The van der Waals surface area contributed by atoms with Gasteiger partial charge in [0.2, 0.25) is 5.95 Å². The van der Waals surface area contributed by atoms with Crippen LogP contribution in [0.2, 0.25) is 5.02 Å². The van der Waals surface area contributed by atoms with Crippen molar-refractivity contribution in [1.29, 1.82) is 0 Å². The Morgan fingerprint density at radius 3 is 2.53 bits per heavy atom. The highest BCUT2D eigenvalue weighted by Gasteiger charge is 2.33. The van der Waals surface area contributed by atoms with E-state index in [4.69, 9.17) is 16.3 Å². The molecule has 2 fully saturated rings. The first-order chi connectivity index (χ1) is 20.7. The minimum absolute atomic E-state index is 0.0121. The first-order valence-corrected chi connectivity index (χ1v) is 16.7. The molecule has 6 rings (SSSR count). The van der Waals surface area contributed by atoms with Crippen LogP contribution >= 0.6 is 23.4 Å². The predicted octanol–water partition coefficient (Wildman–Crippen LogP) is 9.32. The van der Waals surface area contributed by atoms with Crippen LogP contribution in [-0.4, -0.2) is 39.1 Å². The molecule has 2 aliphatic carbocycles. The zero-order valence-corrected chi connectivity index (χ0v) is 27.4. The molecule has 0 spiro atoms. The summed E-state index contributed by atoms with van der Waals surface area (Å²) >= 11 is 8.13. The molecule has 1 aliphatic heterocycles. The fraction of sp³-hybridized carbons (Fsp3) is 0.471. The third-order valence-corrected chi connectivity index (χ3v) is 8.71. The number of nitrogens with zero attached hydrogens (tertiary/aromatic N) is 3. The summed E-state index contributed by atoms with van der Waals surface area (Å²) in [6.45, 7) is 11.3. The molecule has 9 heteroatoms. The Bertz CT molecular complexity index is 1440. The summed E-state index contributed by atoms with van der Waals surface area (Å²) in [6, 6.07) is 12.4. The quantitative estimate of drug-likeness (QED) is 0.153. The second-order valence-corrected chi connectivity index (χ2v) is 14.1. The number of para-hydroxylation sites is 1. The number of rotatable bonds is 10. The number of anilines is 4. The Morgan fingerprint density at radius 2 is 1.86 bits per heavy atom. The number of nitrogens with one attached hydrogen (secondary N) is 2. The highest BCUT2D eigenvalue weighted by Crippen LogP contribution is 2.41. The lowest BCUT2D eigenvalue weighted by atomic mass is 9.90. The molecule has 3 aromatic rings. The van der Waals surface area contributed by atoms with Crippen molar-refractivity contribution in [3.63, 3.8) is 0 Å². The average molecular weight is 622 g/mol. The van der Waals surface area contributed by atoms with Gasteiger partial charge < -0.3 is 15.4 Å². The second kappa shape index (κ2) is 14.3. The first kappa shape index (κ1) is 31.6. The Balaban J connectivity index is 0.00000115. The van der Waals surface area contributed by atoms with Gasteiger partial charge in [-0.3, -0.25) is 5.21 Å². The fourth-order valence-corrected chi connectivity index (χ4v) is 6.16. The Kier molecular flexibility index (Phi) is 10.5. The van der Waals surface area contributed by atoms with E-state index >= 15 is 0 Å². The van der Waals surface area contributed by atoms with Crippen LogP contribution in [-0.2, 0) is 0 Å². The van der Waals surface area contributed by atoms with Gasteiger partial charge in [0.25, 0.3) is 0 Å². The molecule has 3 aliphatic rings. The monoisotopic (exact) mass is 621 g/mol. The number of aryl methyl sites for hydroxylation is 1. The molecule has 2 aromatic carbocycles. The number of halogens is 1. The van der Waals surface area contributed by atoms with Gasteiger partial charge in [0.05, 0.1) is 23.7 Å². The minimum Gasteiger partial charge on any atom is -0.489 e. The van der Waals surface area contributed by atoms with E-state index in [9.17, 15) is 5.21 Å². The van der Waals surface area contributed by atoms with Crippen molar-refractivity contribution >= 4 is 52.1 Å². The highest BCUT2D eigenvalue weighted by molar-refractivity contribution is 8.00. The minimum atomic E-state index is -0.0121. The first-order valence-electron chi connectivity index (χ1n) is 15.5. The highest BCUT2D eigenvalue weighted by atomic mass is 35.5. The molecular formula is C34H44ClN5O2S. The summed E-state index contributed by atoms with van der Waals surface area (Å²) in [6.07, 6.45) is 12.0. The SMILES string of the molecule is C1CC1.Cc1cc(Nc2ncc(Cl)c(N(O)c3ccccc3SC(C)C)n2)c(OC(C)C)cc1C1=CCNC(C2CC2)C1. The van der Waals surface area contributed by atoms with Gasteiger partial charge in [0, 0.05) is 22.7 Å². The van der Waals surface area contributed by atoms with E-state index in [0.29, 0.717) is 22.9 Å². The molecule has 2 saturated carbocycles. The van der Waals surface area contributed by atoms with Crippen molar-refractivity contribution in [3.05, 3.63) is 64.8 Å². The van der Waals surface area contributed by atoms with Gasteiger partial charge >= 0.3 is 0 Å². The van der Waals surface area contributed by atoms with Gasteiger partial charge in [-0.25, -0.2) is 10.0 Å². The molecule has 7 nitrogen and oxygen atoms in total. The van der Waals surface area contributed by atoms with Crippen molar-refractivity contribution < 1.29 is 9.94 Å². The molecule has 0 bridgehead atoms. The molecule has 1 aromatic heterocycles. The lowest BCUT2D eigenvalue weighted by molar-refractivity contribution is 0.243. The van der Waals surface area contributed by atoms with Crippen molar-refractivity contribution in [2.24, 2.45) is 5.92 Å². The third kappa shape index (κ3) is 8.66. The van der Waals surface area contributed by atoms with Crippen LogP contribution in [0.5, 0.6) is 5.75 Å². The number of benzene rings is 2. The molecule has 0 radical (unpaired) electrons. The number of hydrogen-bond acceptors (Lipinski definition) is 8. The van der Waals surface area contributed by atoms with Crippen LogP contribution in [0.3, 0.4) is 0 Å². The van der Waals surface area contributed by atoms with Gasteiger partial charge in [-0.05, 0) is 86.9 Å². The summed E-state index contributed by atoms with van der Waals surface area (Å²) < 4.78 is 6.26. The smallest absolute Gasteiger partial charge is 0.229 e. The Hall–Kier alpha value is -2.78. The molecule has 43 heavy (non-hydrogen) atoms. The van der Waals surface area contributed by atoms with E-state index < -0.39 is 0 Å². The van der Waals surface area contributed by atoms with Crippen LogP contribution < -0.4 is 20.4 Å². The summed E-state index contributed by atoms with van der Waals surface area (Å²) in [7, 11) is 0. The largest absolute Gasteiger partial charge is 0.489 e. The lowest BCUT2D eigenvalue weighted by Crippen LogP contribution is -2.34. The Morgan fingerprint density at radius 1 is 1.12 bits per heavy atom. The van der Waals surface area contributed by atoms with Crippen LogP contribution in [0.25, 0.3) is 5.57 Å². The van der Waals surface area contributed by atoms with E-state index in [-0.39, 0.29) is 16.9 Å². The summed E-state index contributed by atoms with van der Waals surface area (Å²) in [5.74, 6) is 2.04. The maximum atomic E-state index is 11.2. The molecule has 1 unspecified atom stereocenters. The van der Waals surface area contributed by atoms with Crippen molar-refractivity contribution in [2.75, 3.05) is 16.9 Å². The summed E-state index contributed by atoms with van der Waals surface area (Å²) in [5.41, 5.74) is 5.10. The molecule has 0 saturated heterocycles. The van der Waals surface area contributed by atoms with Crippen LogP contribution in [0.1, 0.15) is 77.3 Å². The molecule has 3 N–H and O–H groups in total. The summed E-state index contributed by atoms with van der Waals surface area (Å²) in [4.78, 5) is 9.94. The van der Waals surface area contributed by atoms with Gasteiger partial charge in [-0.1, -0.05) is 62.9 Å². The number of ether oxygens (including phenoxy) is 1. The van der Waals surface area contributed by atoms with E-state index in [1.54, 1.807) is 11.8 Å². The standard InChI is InChI=1S/C31H38ClN5O2S.C3H6/c1-18(2)39-28-16-23(22-12-13-33-25(15-22)21-10-11-21)20(5)14-26(28)35-31-34-17-24(32)30(36-31)37(38)27-8-6-7-9-29(27)40-19(3)4;1-2-3-1/h6-9,12,14,16-19,21,25,33,38H,10-11,13,15H2,1-5H3,(H,34,35,36);1-3H2. The van der Waals surface area contributed by atoms with E-state index in [0.717, 1.165) is 45.8 Å². The van der Waals surface area contributed by atoms with E-state index in [1.165, 1.54) is 49.4 Å². The maximum absolute atomic E-state index is 11.2. The zero-order valence-electron chi connectivity index (χ0n) is 25.9. The number of aromatic nitrogens is 2. The molecule has 1 atom stereocenters. The van der Waals surface area contributed by atoms with Crippen LogP contribution in [0.4, 0.5) is 23.1 Å². The molecular weight excluding hydrogens is 578 g/mol. The zero-order chi connectivity index (χ0) is 30.5. The molecule has 2 heterocycles. The molecule has 230 valence electrons. The van der Waals surface area contributed by atoms with Gasteiger partial charge in [-0.15, -0.1) is 11.8 Å². The third-order valence-electron chi connectivity index (χ3n) is 7.38. The van der Waals surface area contributed by atoms with Gasteiger partial charge in [-0.2, -0.15) is 4.98 Å². The van der Waals surface area contributed by atoms with Crippen molar-refractivity contribution in [2.45, 2.75) is 95.4 Å². The fourth-order valence-electron chi connectivity index (χ4n) is 5.05. The number of thioether (sulfide) groups is 1. The average Bonchev–Trinajstić information content (AvgIpc) is 3.88. The summed E-state index contributed by atoms with van der Waals surface area (Å²) in [5, 5.41) is 19.8. The van der Waals surface area contributed by atoms with Crippen molar-refractivity contribution in [1.82, 2.24) is 15.3 Å². The Labute approximate surface area is 265 Å². The number of hydrogen-bond donors (Lipinski definition) is 3. The van der Waals surface area contributed by atoms with Gasteiger partial charge in [0.15, 0.2) is 5.82 Å². The van der Waals surface area contributed by atoms with Gasteiger partial charge in [0.1, 0.15) is 10.8 Å². The van der Waals surface area contributed by atoms with Crippen LogP contribution in [0.15, 0.2) is 53.6 Å². The lowest BCUT2D eigenvalue weighted by Gasteiger charge is -2.26. The van der Waals surface area contributed by atoms with Crippen LogP contribution in [0, 0.1) is 12.8 Å². The topological polar surface area (TPSA) is 82.5 Å². The predicted molar refractivity (Wildman–Crippen MR) is 180 cm³/mol. The van der Waals surface area contributed by atoms with E-state index in [1.807, 2.05) is 38.1 Å². The molecule has 0 amide bonds. The maximum Gasteiger partial charge on any atom is 0.229 e.